The van der Waals surface area contributed by atoms with E-state index in [2.05, 4.69) is 15.3 Å². The average molecular weight is 488 g/mol. The number of anilines is 2. The molecule has 0 saturated carbocycles. The lowest BCUT2D eigenvalue weighted by Crippen LogP contribution is -2.49. The van der Waals surface area contributed by atoms with Crippen molar-refractivity contribution >= 4 is 44.8 Å². The van der Waals surface area contributed by atoms with Gasteiger partial charge in [0.2, 0.25) is 0 Å². The van der Waals surface area contributed by atoms with Crippen molar-refractivity contribution in [3.8, 4) is 17.1 Å². The predicted molar refractivity (Wildman–Crippen MR) is 128 cm³/mol. The molecular formula is C24H21ClF3N5O. The average Bonchev–Trinajstić information content (AvgIpc) is 2.81. The molecule has 176 valence electrons. The lowest BCUT2D eigenvalue weighted by Gasteiger charge is -2.33. The molecule has 1 unspecified atom stereocenters. The predicted octanol–water partition coefficient (Wildman–Crippen LogP) is 4.91. The van der Waals surface area contributed by atoms with Crippen LogP contribution in [-0.4, -0.2) is 42.8 Å². The van der Waals surface area contributed by atoms with Crippen molar-refractivity contribution in [3.05, 3.63) is 52.8 Å². The molecule has 3 N–H and O–H groups in total. The minimum Gasteiger partial charge on any atom is -0.467 e. The van der Waals surface area contributed by atoms with Gasteiger partial charge in [-0.05, 0) is 30.7 Å². The molecule has 10 heteroatoms. The number of aromatic nitrogens is 2. The second-order valence-electron chi connectivity index (χ2n) is 8.27. The van der Waals surface area contributed by atoms with Gasteiger partial charge in [0.05, 0.1) is 18.4 Å². The number of halogens is 4. The normalized spacial score (nSPS) is 16.4. The van der Waals surface area contributed by atoms with E-state index in [1.807, 2.05) is 11.8 Å². The van der Waals surface area contributed by atoms with Crippen LogP contribution in [0.15, 0.2) is 30.3 Å². The van der Waals surface area contributed by atoms with Gasteiger partial charge in [0, 0.05) is 46.9 Å². The van der Waals surface area contributed by atoms with Gasteiger partial charge < -0.3 is 20.7 Å². The fourth-order valence-corrected chi connectivity index (χ4v) is 4.76. The Kier molecular flexibility index (Phi) is 5.61. The lowest BCUT2D eigenvalue weighted by molar-refractivity contribution is 0.380. The Hall–Kier alpha value is -3.30. The second-order valence-corrected chi connectivity index (χ2v) is 8.68. The summed E-state index contributed by atoms with van der Waals surface area (Å²) >= 11 is 6.34. The highest BCUT2D eigenvalue weighted by atomic mass is 35.5. The van der Waals surface area contributed by atoms with Crippen LogP contribution in [0, 0.1) is 17.5 Å². The highest BCUT2D eigenvalue weighted by Gasteiger charge is 2.27. The second kappa shape index (κ2) is 8.48. The molecule has 0 amide bonds. The molecule has 1 atom stereocenters. The number of methoxy groups -OCH3 is 1. The summed E-state index contributed by atoms with van der Waals surface area (Å²) in [6.45, 7) is 3.89. The largest absolute Gasteiger partial charge is 0.467 e. The standard InChI is InChI=1S/C24H21ClF3N5O/c1-11-10-33(7-6-30-11)23-14-8-16(26)19(21(28)22(14)31-24(32-23)34-2)13-9-17(29)20(27)12-4-3-5-15(25)18(12)13/h3-5,8-9,11,30H,6-7,10,29H2,1-2H3. The Labute approximate surface area is 198 Å². The van der Waals surface area contributed by atoms with Crippen LogP contribution in [0.25, 0.3) is 32.8 Å². The molecule has 6 nitrogen and oxygen atoms in total. The Balaban J connectivity index is 1.83. The van der Waals surface area contributed by atoms with Crippen LogP contribution in [0.1, 0.15) is 6.92 Å². The van der Waals surface area contributed by atoms with Gasteiger partial charge in [-0.1, -0.05) is 23.7 Å². The van der Waals surface area contributed by atoms with Crippen molar-refractivity contribution in [1.29, 1.82) is 0 Å². The number of rotatable bonds is 3. The Morgan fingerprint density at radius 2 is 1.94 bits per heavy atom. The van der Waals surface area contributed by atoms with Gasteiger partial charge in [-0.2, -0.15) is 9.97 Å². The first-order valence-corrected chi connectivity index (χ1v) is 11.1. The molecule has 1 aliphatic heterocycles. The van der Waals surface area contributed by atoms with Crippen molar-refractivity contribution in [2.75, 3.05) is 37.4 Å². The number of nitrogens with one attached hydrogen (secondary N) is 1. The molecule has 5 rings (SSSR count). The molecule has 1 aliphatic rings. The van der Waals surface area contributed by atoms with Crippen LogP contribution in [0.5, 0.6) is 6.01 Å². The molecule has 1 fully saturated rings. The quantitative estimate of drug-likeness (QED) is 0.400. The van der Waals surface area contributed by atoms with E-state index in [9.17, 15) is 4.39 Å². The third-order valence-corrected chi connectivity index (χ3v) is 6.35. The highest BCUT2D eigenvalue weighted by Crippen LogP contribution is 2.42. The summed E-state index contributed by atoms with van der Waals surface area (Å²) in [6.07, 6.45) is 0. The van der Waals surface area contributed by atoms with Gasteiger partial charge in [0.15, 0.2) is 11.6 Å². The number of hydrogen-bond donors (Lipinski definition) is 2. The minimum absolute atomic E-state index is 0.0336. The van der Waals surface area contributed by atoms with E-state index in [1.165, 1.54) is 31.4 Å². The number of nitrogen functional groups attached to an aromatic ring is 1. The van der Waals surface area contributed by atoms with Gasteiger partial charge >= 0.3 is 6.01 Å². The molecule has 0 bridgehead atoms. The highest BCUT2D eigenvalue weighted by molar-refractivity contribution is 6.37. The molecular weight excluding hydrogens is 467 g/mol. The van der Waals surface area contributed by atoms with Crippen LogP contribution >= 0.6 is 11.6 Å². The third kappa shape index (κ3) is 3.56. The van der Waals surface area contributed by atoms with Crippen molar-refractivity contribution in [2.24, 2.45) is 0 Å². The maximum Gasteiger partial charge on any atom is 0.318 e. The van der Waals surface area contributed by atoms with E-state index in [-0.39, 0.29) is 50.0 Å². The van der Waals surface area contributed by atoms with E-state index in [4.69, 9.17) is 22.1 Å². The fraction of sp³-hybridized carbons (Fsp3) is 0.250. The van der Waals surface area contributed by atoms with Crippen LogP contribution in [0.2, 0.25) is 5.02 Å². The molecule has 34 heavy (non-hydrogen) atoms. The zero-order valence-electron chi connectivity index (χ0n) is 18.4. The number of nitrogens with zero attached hydrogens (tertiary/aromatic N) is 3. The molecule has 0 spiro atoms. The van der Waals surface area contributed by atoms with Crippen molar-refractivity contribution < 1.29 is 17.9 Å². The summed E-state index contributed by atoms with van der Waals surface area (Å²) in [7, 11) is 1.38. The van der Waals surface area contributed by atoms with Gasteiger partial charge in [-0.25, -0.2) is 13.2 Å². The van der Waals surface area contributed by atoms with Crippen LogP contribution in [0.4, 0.5) is 24.7 Å². The van der Waals surface area contributed by atoms with Crippen molar-refractivity contribution in [3.63, 3.8) is 0 Å². The summed E-state index contributed by atoms with van der Waals surface area (Å²) in [4.78, 5) is 10.5. The Morgan fingerprint density at radius 3 is 2.68 bits per heavy atom. The summed E-state index contributed by atoms with van der Waals surface area (Å²) in [5.74, 6) is -2.13. The minimum atomic E-state index is -0.938. The number of fused-ring (bicyclic) bond motifs is 2. The number of nitrogens with two attached hydrogens (primary N) is 1. The SMILES string of the molecule is COc1nc(N2CCNC(C)C2)c2cc(F)c(-c3cc(N)c(F)c4cccc(Cl)c34)c(F)c2n1. The van der Waals surface area contributed by atoms with Gasteiger partial charge in [-0.15, -0.1) is 0 Å². The van der Waals surface area contributed by atoms with Crippen LogP contribution in [0.3, 0.4) is 0 Å². The van der Waals surface area contributed by atoms with E-state index in [0.717, 1.165) is 0 Å². The van der Waals surface area contributed by atoms with Gasteiger partial charge in [-0.3, -0.25) is 0 Å². The fourth-order valence-electron chi connectivity index (χ4n) is 4.49. The maximum absolute atomic E-state index is 16.1. The number of benzene rings is 3. The third-order valence-electron chi connectivity index (χ3n) is 6.04. The zero-order chi connectivity index (χ0) is 24.1. The number of hydrogen-bond acceptors (Lipinski definition) is 6. The topological polar surface area (TPSA) is 76.3 Å². The molecule has 1 saturated heterocycles. The van der Waals surface area contributed by atoms with E-state index in [1.54, 1.807) is 6.07 Å². The molecule has 2 heterocycles. The molecule has 0 radical (unpaired) electrons. The van der Waals surface area contributed by atoms with E-state index in [0.29, 0.717) is 25.5 Å². The number of ether oxygens (including phenoxy) is 1. The summed E-state index contributed by atoms with van der Waals surface area (Å²) < 4.78 is 51.6. The summed E-state index contributed by atoms with van der Waals surface area (Å²) in [5.41, 5.74) is 5.11. The first kappa shape index (κ1) is 22.5. The van der Waals surface area contributed by atoms with Crippen LogP contribution in [-0.2, 0) is 0 Å². The van der Waals surface area contributed by atoms with Gasteiger partial charge in [0.1, 0.15) is 17.2 Å². The first-order chi connectivity index (χ1) is 16.3. The van der Waals surface area contributed by atoms with E-state index >= 15 is 8.78 Å². The lowest BCUT2D eigenvalue weighted by atomic mass is 9.95. The van der Waals surface area contributed by atoms with E-state index < -0.39 is 23.0 Å². The van der Waals surface area contributed by atoms with Gasteiger partial charge in [0.25, 0.3) is 0 Å². The first-order valence-electron chi connectivity index (χ1n) is 10.7. The van der Waals surface area contributed by atoms with Crippen LogP contribution < -0.4 is 20.7 Å². The zero-order valence-corrected chi connectivity index (χ0v) is 19.2. The van der Waals surface area contributed by atoms with Crippen molar-refractivity contribution in [1.82, 2.24) is 15.3 Å². The molecule has 0 aliphatic carbocycles. The number of piperazine rings is 1. The van der Waals surface area contributed by atoms with Crippen molar-refractivity contribution in [2.45, 2.75) is 13.0 Å². The molecule has 3 aromatic carbocycles. The molecule has 1 aromatic heterocycles. The summed E-state index contributed by atoms with van der Waals surface area (Å²) in [6, 6.07) is 7.02. The summed E-state index contributed by atoms with van der Waals surface area (Å²) in [5, 5.41) is 3.90. The Morgan fingerprint density at radius 1 is 1.15 bits per heavy atom. The molecule has 4 aromatic rings. The smallest absolute Gasteiger partial charge is 0.318 e. The monoisotopic (exact) mass is 487 g/mol. The Bertz CT molecular complexity index is 1450. The maximum atomic E-state index is 16.1.